The van der Waals surface area contributed by atoms with Gasteiger partial charge in [0.1, 0.15) is 0 Å². The standard InChI is InChI=1S/C12H19BrN2OS/c13-11-8-12(17-10-11)9-15-3-1-2-14(4-5-15)6-7-16/h8,10,16H,1-7,9H2. The van der Waals surface area contributed by atoms with Crippen LogP contribution in [0.2, 0.25) is 0 Å². The molecule has 2 rings (SSSR count). The van der Waals surface area contributed by atoms with Gasteiger partial charge in [0.15, 0.2) is 0 Å². The van der Waals surface area contributed by atoms with Crippen molar-refractivity contribution in [2.45, 2.75) is 13.0 Å². The number of thiophene rings is 1. The molecule has 0 atom stereocenters. The van der Waals surface area contributed by atoms with Crippen LogP contribution < -0.4 is 0 Å². The van der Waals surface area contributed by atoms with Crippen LogP contribution in [0.3, 0.4) is 0 Å². The molecular formula is C12H19BrN2OS. The molecule has 1 N–H and O–H groups in total. The van der Waals surface area contributed by atoms with E-state index >= 15 is 0 Å². The van der Waals surface area contributed by atoms with Gasteiger partial charge in [0.25, 0.3) is 0 Å². The van der Waals surface area contributed by atoms with Crippen LogP contribution in [-0.2, 0) is 6.54 Å². The van der Waals surface area contributed by atoms with Crippen molar-refractivity contribution >= 4 is 27.3 Å². The fourth-order valence-corrected chi connectivity index (χ4v) is 3.70. The fraction of sp³-hybridized carbons (Fsp3) is 0.667. The molecule has 1 aromatic heterocycles. The quantitative estimate of drug-likeness (QED) is 0.920. The van der Waals surface area contributed by atoms with E-state index in [9.17, 15) is 0 Å². The van der Waals surface area contributed by atoms with Crippen molar-refractivity contribution < 1.29 is 5.11 Å². The Kier molecular flexibility index (Phi) is 5.44. The van der Waals surface area contributed by atoms with Gasteiger partial charge in [-0.3, -0.25) is 9.80 Å². The molecule has 1 saturated heterocycles. The Hall–Kier alpha value is 0.0600. The van der Waals surface area contributed by atoms with Crippen molar-refractivity contribution in [3.63, 3.8) is 0 Å². The maximum atomic E-state index is 8.96. The average molecular weight is 319 g/mol. The lowest BCUT2D eigenvalue weighted by Gasteiger charge is -2.20. The minimum Gasteiger partial charge on any atom is -0.395 e. The molecule has 96 valence electrons. The number of β-amino-alcohol motifs (C(OH)–C–C–N with tert-alkyl or cyclic N) is 1. The Bertz CT molecular complexity index is 345. The molecule has 17 heavy (non-hydrogen) atoms. The van der Waals surface area contributed by atoms with E-state index in [2.05, 4.69) is 37.2 Å². The Morgan fingerprint density at radius 2 is 2.00 bits per heavy atom. The predicted octanol–water partition coefficient (Wildman–Crippen LogP) is 2.01. The first kappa shape index (κ1) is 13.5. The summed E-state index contributed by atoms with van der Waals surface area (Å²) in [4.78, 5) is 6.28. The van der Waals surface area contributed by atoms with Crippen molar-refractivity contribution in [3.8, 4) is 0 Å². The van der Waals surface area contributed by atoms with E-state index in [0.29, 0.717) is 0 Å². The first-order valence-corrected chi connectivity index (χ1v) is 7.73. The van der Waals surface area contributed by atoms with E-state index in [-0.39, 0.29) is 6.61 Å². The number of halogens is 1. The van der Waals surface area contributed by atoms with Crippen LogP contribution in [0.4, 0.5) is 0 Å². The third kappa shape index (κ3) is 4.34. The van der Waals surface area contributed by atoms with Gasteiger partial charge in [-0.15, -0.1) is 11.3 Å². The molecule has 0 aliphatic carbocycles. The van der Waals surface area contributed by atoms with Crippen LogP contribution in [0, 0.1) is 0 Å². The van der Waals surface area contributed by atoms with Crippen molar-refractivity contribution in [2.75, 3.05) is 39.3 Å². The molecule has 0 aromatic carbocycles. The van der Waals surface area contributed by atoms with Crippen LogP contribution in [0.1, 0.15) is 11.3 Å². The molecule has 1 aliphatic rings. The van der Waals surface area contributed by atoms with Crippen LogP contribution in [-0.4, -0.2) is 54.2 Å². The second kappa shape index (κ2) is 6.85. The van der Waals surface area contributed by atoms with Crippen molar-refractivity contribution in [1.29, 1.82) is 0 Å². The number of hydrogen-bond acceptors (Lipinski definition) is 4. The molecule has 0 amide bonds. The van der Waals surface area contributed by atoms with Gasteiger partial charge in [0, 0.05) is 40.9 Å². The molecule has 5 heteroatoms. The zero-order valence-electron chi connectivity index (χ0n) is 9.94. The lowest BCUT2D eigenvalue weighted by atomic mass is 10.3. The summed E-state index contributed by atoms with van der Waals surface area (Å²) in [5, 5.41) is 11.1. The number of aliphatic hydroxyl groups is 1. The summed E-state index contributed by atoms with van der Waals surface area (Å²) in [5.74, 6) is 0. The van der Waals surface area contributed by atoms with Gasteiger partial charge in [-0.2, -0.15) is 0 Å². The van der Waals surface area contributed by atoms with Gasteiger partial charge in [-0.25, -0.2) is 0 Å². The third-order valence-corrected chi connectivity index (χ3v) is 4.78. The normalized spacial score (nSPS) is 19.4. The summed E-state index contributed by atoms with van der Waals surface area (Å²) in [6.07, 6.45) is 1.20. The summed E-state index contributed by atoms with van der Waals surface area (Å²) in [7, 11) is 0. The SMILES string of the molecule is OCCN1CCCN(Cc2cc(Br)cs2)CC1. The monoisotopic (exact) mass is 318 g/mol. The Balaban J connectivity index is 1.82. The van der Waals surface area contributed by atoms with E-state index in [0.717, 1.165) is 39.3 Å². The lowest BCUT2D eigenvalue weighted by Crippen LogP contribution is -2.32. The smallest absolute Gasteiger partial charge is 0.0558 e. The minimum absolute atomic E-state index is 0.276. The van der Waals surface area contributed by atoms with Gasteiger partial charge in [0.2, 0.25) is 0 Å². The van der Waals surface area contributed by atoms with Crippen molar-refractivity contribution in [2.24, 2.45) is 0 Å². The maximum Gasteiger partial charge on any atom is 0.0558 e. The Labute approximate surface area is 115 Å². The van der Waals surface area contributed by atoms with E-state index in [1.807, 2.05) is 11.3 Å². The zero-order chi connectivity index (χ0) is 12.1. The van der Waals surface area contributed by atoms with E-state index in [1.54, 1.807) is 0 Å². The highest BCUT2D eigenvalue weighted by atomic mass is 79.9. The summed E-state index contributed by atoms with van der Waals surface area (Å²) in [5.41, 5.74) is 0. The second-order valence-corrected chi connectivity index (χ2v) is 6.34. The molecule has 0 bridgehead atoms. The number of aliphatic hydroxyl groups excluding tert-OH is 1. The van der Waals surface area contributed by atoms with Gasteiger partial charge in [-0.05, 0) is 41.5 Å². The molecule has 0 unspecified atom stereocenters. The summed E-state index contributed by atoms with van der Waals surface area (Å²) < 4.78 is 1.19. The number of hydrogen-bond donors (Lipinski definition) is 1. The highest BCUT2D eigenvalue weighted by molar-refractivity contribution is 9.10. The van der Waals surface area contributed by atoms with Crippen LogP contribution in [0.5, 0.6) is 0 Å². The largest absolute Gasteiger partial charge is 0.395 e. The lowest BCUT2D eigenvalue weighted by molar-refractivity contribution is 0.196. The van der Waals surface area contributed by atoms with Gasteiger partial charge in [-0.1, -0.05) is 0 Å². The fourth-order valence-electron chi connectivity index (χ4n) is 2.20. The number of rotatable bonds is 4. The van der Waals surface area contributed by atoms with Crippen molar-refractivity contribution in [1.82, 2.24) is 9.80 Å². The average Bonchev–Trinajstić information content (AvgIpc) is 2.58. The van der Waals surface area contributed by atoms with Gasteiger partial charge >= 0.3 is 0 Å². The topological polar surface area (TPSA) is 26.7 Å². The molecule has 1 aliphatic heterocycles. The summed E-state index contributed by atoms with van der Waals surface area (Å²) in [6.45, 7) is 6.62. The molecule has 1 fully saturated rings. The molecule has 0 radical (unpaired) electrons. The third-order valence-electron chi connectivity index (χ3n) is 3.10. The van der Waals surface area contributed by atoms with E-state index in [4.69, 9.17) is 5.11 Å². The molecule has 0 spiro atoms. The molecule has 0 saturated carbocycles. The number of nitrogens with zero attached hydrogens (tertiary/aromatic N) is 2. The molecule has 2 heterocycles. The highest BCUT2D eigenvalue weighted by Gasteiger charge is 2.14. The molecular weight excluding hydrogens is 300 g/mol. The van der Waals surface area contributed by atoms with Crippen LogP contribution >= 0.6 is 27.3 Å². The Morgan fingerprint density at radius 1 is 1.24 bits per heavy atom. The van der Waals surface area contributed by atoms with Gasteiger partial charge in [0.05, 0.1) is 6.61 Å². The van der Waals surface area contributed by atoms with Crippen LogP contribution in [0.15, 0.2) is 15.9 Å². The highest BCUT2D eigenvalue weighted by Crippen LogP contribution is 2.21. The second-order valence-electron chi connectivity index (χ2n) is 4.43. The predicted molar refractivity (Wildman–Crippen MR) is 75.4 cm³/mol. The first-order chi connectivity index (χ1) is 8.28. The molecule has 3 nitrogen and oxygen atoms in total. The first-order valence-electron chi connectivity index (χ1n) is 6.06. The van der Waals surface area contributed by atoms with Crippen molar-refractivity contribution in [3.05, 3.63) is 20.8 Å². The molecule has 1 aromatic rings. The van der Waals surface area contributed by atoms with E-state index in [1.165, 1.54) is 15.8 Å². The van der Waals surface area contributed by atoms with E-state index < -0.39 is 0 Å². The zero-order valence-corrected chi connectivity index (χ0v) is 12.3. The Morgan fingerprint density at radius 3 is 2.71 bits per heavy atom. The van der Waals surface area contributed by atoms with Crippen LogP contribution in [0.25, 0.3) is 0 Å². The summed E-state index contributed by atoms with van der Waals surface area (Å²) >= 11 is 5.32. The maximum absolute atomic E-state index is 8.96. The minimum atomic E-state index is 0.276. The van der Waals surface area contributed by atoms with Gasteiger partial charge < -0.3 is 5.11 Å². The summed E-state index contributed by atoms with van der Waals surface area (Å²) in [6, 6.07) is 2.21.